The first kappa shape index (κ1) is 16.3. The normalized spacial score (nSPS) is 36.1. The lowest BCUT2D eigenvalue weighted by molar-refractivity contribution is -0.0288. The first-order valence-corrected chi connectivity index (χ1v) is 8.66. The molecule has 0 bridgehead atoms. The molecule has 2 rings (SSSR count). The molecule has 2 aliphatic rings. The second-order valence-electron chi connectivity index (χ2n) is 7.41. The van der Waals surface area contributed by atoms with Crippen molar-refractivity contribution in [1.29, 1.82) is 0 Å². The van der Waals surface area contributed by atoms with Gasteiger partial charge in [0.25, 0.3) is 0 Å². The van der Waals surface area contributed by atoms with Gasteiger partial charge in [-0.05, 0) is 64.7 Å². The van der Waals surface area contributed by atoms with Crippen molar-refractivity contribution in [3.05, 3.63) is 0 Å². The monoisotopic (exact) mass is 281 g/mol. The summed E-state index contributed by atoms with van der Waals surface area (Å²) in [7, 11) is 2.25. The summed E-state index contributed by atoms with van der Waals surface area (Å²) in [5.41, 5.74) is 7.14. The van der Waals surface area contributed by atoms with E-state index >= 15 is 0 Å². The molecule has 2 heterocycles. The third kappa shape index (κ3) is 2.90. The molecular weight excluding hydrogens is 246 g/mol. The predicted octanol–water partition coefficient (Wildman–Crippen LogP) is 2.70. The zero-order chi connectivity index (χ0) is 14.8. The molecule has 0 aromatic carbocycles. The third-order valence-corrected chi connectivity index (χ3v) is 6.73. The van der Waals surface area contributed by atoms with Gasteiger partial charge in [0.15, 0.2) is 0 Å². The van der Waals surface area contributed by atoms with Gasteiger partial charge in [-0.25, -0.2) is 0 Å². The van der Waals surface area contributed by atoms with E-state index in [-0.39, 0.29) is 5.54 Å². The molecule has 0 saturated carbocycles. The van der Waals surface area contributed by atoms with Gasteiger partial charge in [-0.2, -0.15) is 0 Å². The SMILES string of the molecule is CCC1(CC)CCN(C2(CN)CCN(C)C(C)C2)CC1. The van der Waals surface area contributed by atoms with Gasteiger partial charge >= 0.3 is 0 Å². The topological polar surface area (TPSA) is 32.5 Å². The van der Waals surface area contributed by atoms with Crippen molar-refractivity contribution in [3.63, 3.8) is 0 Å². The van der Waals surface area contributed by atoms with Gasteiger partial charge in [0.05, 0.1) is 0 Å². The molecule has 2 aliphatic heterocycles. The molecule has 2 fully saturated rings. The van der Waals surface area contributed by atoms with Crippen LogP contribution in [0.2, 0.25) is 0 Å². The van der Waals surface area contributed by atoms with Gasteiger partial charge in [-0.1, -0.05) is 26.7 Å². The van der Waals surface area contributed by atoms with E-state index in [9.17, 15) is 0 Å². The van der Waals surface area contributed by atoms with Gasteiger partial charge in [0.1, 0.15) is 0 Å². The van der Waals surface area contributed by atoms with Gasteiger partial charge in [-0.15, -0.1) is 0 Å². The minimum atomic E-state index is 0.277. The largest absolute Gasteiger partial charge is 0.329 e. The number of nitrogens with zero attached hydrogens (tertiary/aromatic N) is 2. The lowest BCUT2D eigenvalue weighted by Crippen LogP contribution is -2.63. The highest BCUT2D eigenvalue weighted by atomic mass is 15.3. The Morgan fingerprint density at radius 3 is 2.10 bits per heavy atom. The van der Waals surface area contributed by atoms with Crippen molar-refractivity contribution in [1.82, 2.24) is 9.80 Å². The lowest BCUT2D eigenvalue weighted by atomic mass is 9.72. The molecular formula is C17H35N3. The van der Waals surface area contributed by atoms with Gasteiger partial charge in [0, 0.05) is 18.1 Å². The Kier molecular flexibility index (Phi) is 5.14. The first-order valence-electron chi connectivity index (χ1n) is 8.66. The second kappa shape index (κ2) is 6.33. The summed E-state index contributed by atoms with van der Waals surface area (Å²) in [4.78, 5) is 5.24. The van der Waals surface area contributed by atoms with E-state index in [1.165, 1.54) is 58.2 Å². The van der Waals surface area contributed by atoms with Crippen molar-refractivity contribution in [3.8, 4) is 0 Å². The van der Waals surface area contributed by atoms with E-state index in [0.29, 0.717) is 11.5 Å². The number of piperidine rings is 2. The Morgan fingerprint density at radius 2 is 1.65 bits per heavy atom. The molecule has 2 N–H and O–H groups in total. The number of hydrogen-bond donors (Lipinski definition) is 1. The summed E-state index contributed by atoms with van der Waals surface area (Å²) in [5.74, 6) is 0. The van der Waals surface area contributed by atoms with Gasteiger partial charge < -0.3 is 10.6 Å². The molecule has 2 atom stereocenters. The Labute approximate surface area is 125 Å². The standard InChI is InChI=1S/C17H35N3/c1-5-16(6-2)7-11-20(12-8-16)17(14-18)9-10-19(4)15(3)13-17/h15H,5-14,18H2,1-4H3. The fourth-order valence-electron chi connectivity index (χ4n) is 4.43. The Balaban J connectivity index is 2.04. The molecule has 20 heavy (non-hydrogen) atoms. The first-order chi connectivity index (χ1) is 9.51. The molecule has 0 amide bonds. The van der Waals surface area contributed by atoms with E-state index in [4.69, 9.17) is 5.73 Å². The van der Waals surface area contributed by atoms with Crippen LogP contribution in [0.15, 0.2) is 0 Å². The van der Waals surface area contributed by atoms with Gasteiger partial charge in [0.2, 0.25) is 0 Å². The van der Waals surface area contributed by atoms with Crippen molar-refractivity contribution in [2.75, 3.05) is 33.2 Å². The van der Waals surface area contributed by atoms with E-state index in [1.807, 2.05) is 0 Å². The fraction of sp³-hybridized carbons (Fsp3) is 1.00. The molecule has 2 unspecified atom stereocenters. The van der Waals surface area contributed by atoms with Crippen molar-refractivity contribution < 1.29 is 0 Å². The van der Waals surface area contributed by atoms with E-state index < -0.39 is 0 Å². The number of rotatable bonds is 4. The Hall–Kier alpha value is -0.120. The maximum absolute atomic E-state index is 6.25. The Bertz CT molecular complexity index is 303. The van der Waals surface area contributed by atoms with Crippen LogP contribution < -0.4 is 5.73 Å². The molecule has 0 radical (unpaired) electrons. The lowest BCUT2D eigenvalue weighted by Gasteiger charge is -2.54. The molecule has 3 nitrogen and oxygen atoms in total. The zero-order valence-electron chi connectivity index (χ0n) is 14.1. The fourth-order valence-corrected chi connectivity index (χ4v) is 4.43. The highest BCUT2D eigenvalue weighted by Crippen LogP contribution is 2.41. The molecule has 3 heteroatoms. The van der Waals surface area contributed by atoms with Crippen LogP contribution in [0.25, 0.3) is 0 Å². The number of likely N-dealkylation sites (tertiary alicyclic amines) is 2. The molecule has 0 aromatic heterocycles. The number of hydrogen-bond acceptors (Lipinski definition) is 3. The molecule has 0 spiro atoms. The zero-order valence-corrected chi connectivity index (χ0v) is 14.1. The van der Waals surface area contributed by atoms with Crippen molar-refractivity contribution in [2.24, 2.45) is 11.1 Å². The van der Waals surface area contributed by atoms with Crippen LogP contribution in [-0.2, 0) is 0 Å². The van der Waals surface area contributed by atoms with Crippen LogP contribution >= 0.6 is 0 Å². The second-order valence-corrected chi connectivity index (χ2v) is 7.41. The summed E-state index contributed by atoms with van der Waals surface area (Å²) in [6, 6.07) is 0.663. The quantitative estimate of drug-likeness (QED) is 0.860. The van der Waals surface area contributed by atoms with E-state index in [2.05, 4.69) is 37.6 Å². The summed E-state index contributed by atoms with van der Waals surface area (Å²) >= 11 is 0. The number of nitrogens with two attached hydrogens (primary N) is 1. The highest BCUT2D eigenvalue weighted by molar-refractivity contribution is 5.01. The maximum Gasteiger partial charge on any atom is 0.0358 e. The van der Waals surface area contributed by atoms with E-state index in [0.717, 1.165) is 6.54 Å². The van der Waals surface area contributed by atoms with Crippen LogP contribution in [0.3, 0.4) is 0 Å². The van der Waals surface area contributed by atoms with Crippen LogP contribution in [0.4, 0.5) is 0 Å². The van der Waals surface area contributed by atoms with Crippen molar-refractivity contribution >= 4 is 0 Å². The summed E-state index contributed by atoms with van der Waals surface area (Å²) in [5, 5.41) is 0. The average molecular weight is 281 g/mol. The summed E-state index contributed by atoms with van der Waals surface area (Å²) in [6.07, 6.45) is 7.90. The predicted molar refractivity (Wildman–Crippen MR) is 86.9 cm³/mol. The average Bonchev–Trinajstić information content (AvgIpc) is 2.50. The highest BCUT2D eigenvalue weighted by Gasteiger charge is 2.43. The molecule has 2 saturated heterocycles. The molecule has 118 valence electrons. The molecule has 0 aliphatic carbocycles. The smallest absolute Gasteiger partial charge is 0.0358 e. The summed E-state index contributed by atoms with van der Waals surface area (Å²) in [6.45, 7) is 11.6. The van der Waals surface area contributed by atoms with Crippen LogP contribution in [0.1, 0.15) is 59.3 Å². The maximum atomic E-state index is 6.25. The van der Waals surface area contributed by atoms with E-state index in [1.54, 1.807) is 0 Å². The van der Waals surface area contributed by atoms with Crippen LogP contribution in [-0.4, -0.2) is 54.6 Å². The molecule has 0 aromatic rings. The van der Waals surface area contributed by atoms with Crippen molar-refractivity contribution in [2.45, 2.75) is 70.9 Å². The Morgan fingerprint density at radius 1 is 1.05 bits per heavy atom. The van der Waals surface area contributed by atoms with Crippen LogP contribution in [0.5, 0.6) is 0 Å². The third-order valence-electron chi connectivity index (χ3n) is 6.73. The minimum Gasteiger partial charge on any atom is -0.329 e. The summed E-state index contributed by atoms with van der Waals surface area (Å²) < 4.78 is 0. The minimum absolute atomic E-state index is 0.277. The van der Waals surface area contributed by atoms with Gasteiger partial charge in [-0.3, -0.25) is 4.90 Å². The van der Waals surface area contributed by atoms with Crippen LogP contribution in [0, 0.1) is 5.41 Å².